The number of hydrogen-bond acceptors (Lipinski definition) is 4. The monoisotopic (exact) mass is 264 g/mol. The SMILES string of the molecule is CCc1nc(CSc2cc(C)ccc2N)cs1. The second kappa shape index (κ2) is 5.56. The minimum atomic E-state index is 0.853. The van der Waals surface area contributed by atoms with Gasteiger partial charge >= 0.3 is 0 Å². The van der Waals surface area contributed by atoms with E-state index in [0.29, 0.717) is 0 Å². The number of rotatable bonds is 4. The van der Waals surface area contributed by atoms with Gasteiger partial charge < -0.3 is 5.73 Å². The van der Waals surface area contributed by atoms with Crippen molar-refractivity contribution < 1.29 is 0 Å². The molecule has 0 spiro atoms. The smallest absolute Gasteiger partial charge is 0.0925 e. The number of nitrogen functional groups attached to an aromatic ring is 1. The van der Waals surface area contributed by atoms with Crippen LogP contribution in [-0.4, -0.2) is 4.98 Å². The fourth-order valence-electron chi connectivity index (χ4n) is 1.50. The summed E-state index contributed by atoms with van der Waals surface area (Å²) < 4.78 is 0. The third-order valence-electron chi connectivity index (χ3n) is 2.45. The number of aromatic nitrogens is 1. The molecular weight excluding hydrogens is 248 g/mol. The van der Waals surface area contributed by atoms with Gasteiger partial charge in [0.05, 0.1) is 10.7 Å². The highest BCUT2D eigenvalue weighted by molar-refractivity contribution is 7.98. The molecule has 2 N–H and O–H groups in total. The lowest BCUT2D eigenvalue weighted by Gasteiger charge is -2.05. The topological polar surface area (TPSA) is 38.9 Å². The number of aryl methyl sites for hydroxylation is 2. The first-order valence-corrected chi connectivity index (χ1v) is 7.47. The van der Waals surface area contributed by atoms with Crippen LogP contribution in [0.5, 0.6) is 0 Å². The van der Waals surface area contributed by atoms with Crippen LogP contribution in [0.4, 0.5) is 5.69 Å². The largest absolute Gasteiger partial charge is 0.398 e. The first-order chi connectivity index (χ1) is 8.19. The molecule has 0 saturated heterocycles. The van der Waals surface area contributed by atoms with Crippen molar-refractivity contribution in [3.63, 3.8) is 0 Å². The lowest BCUT2D eigenvalue weighted by Crippen LogP contribution is -1.90. The Morgan fingerprint density at radius 3 is 2.94 bits per heavy atom. The highest BCUT2D eigenvalue weighted by Gasteiger charge is 2.04. The van der Waals surface area contributed by atoms with Crippen molar-refractivity contribution in [2.75, 3.05) is 5.73 Å². The van der Waals surface area contributed by atoms with Crippen LogP contribution in [0.15, 0.2) is 28.5 Å². The summed E-state index contributed by atoms with van der Waals surface area (Å²) in [6.45, 7) is 4.22. The molecule has 0 unspecified atom stereocenters. The molecule has 2 aromatic rings. The summed E-state index contributed by atoms with van der Waals surface area (Å²) in [5.74, 6) is 0.893. The van der Waals surface area contributed by atoms with Crippen LogP contribution in [0.3, 0.4) is 0 Å². The summed E-state index contributed by atoms with van der Waals surface area (Å²) in [5.41, 5.74) is 9.19. The number of thioether (sulfide) groups is 1. The molecule has 0 aliphatic heterocycles. The quantitative estimate of drug-likeness (QED) is 0.672. The van der Waals surface area contributed by atoms with E-state index in [0.717, 1.165) is 28.5 Å². The third-order valence-corrected chi connectivity index (χ3v) is 4.59. The Kier molecular flexibility index (Phi) is 4.07. The zero-order chi connectivity index (χ0) is 12.3. The van der Waals surface area contributed by atoms with Crippen LogP contribution in [0.2, 0.25) is 0 Å². The Morgan fingerprint density at radius 1 is 1.41 bits per heavy atom. The molecule has 1 aromatic heterocycles. The summed E-state index contributed by atoms with van der Waals surface area (Å²) in [4.78, 5) is 5.70. The van der Waals surface area contributed by atoms with Crippen LogP contribution >= 0.6 is 23.1 Å². The summed E-state index contributed by atoms with van der Waals surface area (Å²) >= 11 is 3.49. The maximum absolute atomic E-state index is 5.95. The summed E-state index contributed by atoms with van der Waals surface area (Å²) in [7, 11) is 0. The van der Waals surface area contributed by atoms with Gasteiger partial charge in [0.15, 0.2) is 0 Å². The second-order valence-electron chi connectivity index (χ2n) is 3.92. The number of hydrogen-bond donors (Lipinski definition) is 1. The van der Waals surface area contributed by atoms with Crippen LogP contribution in [0, 0.1) is 6.92 Å². The van der Waals surface area contributed by atoms with E-state index < -0.39 is 0 Å². The summed E-state index contributed by atoms with van der Waals surface area (Å²) in [5, 5.41) is 3.34. The number of nitrogens with zero attached hydrogens (tertiary/aromatic N) is 1. The van der Waals surface area contributed by atoms with E-state index in [4.69, 9.17) is 5.73 Å². The molecule has 90 valence electrons. The van der Waals surface area contributed by atoms with Crippen LogP contribution in [0.25, 0.3) is 0 Å². The molecule has 0 amide bonds. The highest BCUT2D eigenvalue weighted by atomic mass is 32.2. The molecule has 1 aromatic carbocycles. The number of thiazole rings is 1. The molecule has 0 aliphatic carbocycles. The maximum atomic E-state index is 5.95. The molecule has 2 nitrogen and oxygen atoms in total. The van der Waals surface area contributed by atoms with Crippen molar-refractivity contribution in [1.82, 2.24) is 4.98 Å². The van der Waals surface area contributed by atoms with E-state index in [2.05, 4.69) is 30.3 Å². The normalized spacial score (nSPS) is 10.7. The van der Waals surface area contributed by atoms with Crippen molar-refractivity contribution in [1.29, 1.82) is 0 Å². The lowest BCUT2D eigenvalue weighted by atomic mass is 10.2. The molecular formula is C13H16N2S2. The number of benzene rings is 1. The van der Waals surface area contributed by atoms with Gasteiger partial charge in [-0.2, -0.15) is 0 Å². The number of anilines is 1. The van der Waals surface area contributed by atoms with E-state index in [-0.39, 0.29) is 0 Å². The van der Waals surface area contributed by atoms with Crippen molar-refractivity contribution in [3.05, 3.63) is 39.8 Å². The standard InChI is InChI=1S/C13H16N2S2/c1-3-13-15-10(8-17-13)7-16-12-6-9(2)4-5-11(12)14/h4-6,8H,3,7,14H2,1-2H3. The van der Waals surface area contributed by atoms with Gasteiger partial charge in [0.1, 0.15) is 0 Å². The average Bonchev–Trinajstić information content (AvgIpc) is 2.78. The van der Waals surface area contributed by atoms with E-state index >= 15 is 0 Å². The molecule has 1 heterocycles. The Bertz CT molecular complexity index is 506. The zero-order valence-corrected chi connectivity index (χ0v) is 11.7. The fourth-order valence-corrected chi connectivity index (χ4v) is 3.30. The summed E-state index contributed by atoms with van der Waals surface area (Å²) in [6.07, 6.45) is 1.02. The van der Waals surface area contributed by atoms with E-state index in [1.54, 1.807) is 23.1 Å². The van der Waals surface area contributed by atoms with Crippen LogP contribution in [0.1, 0.15) is 23.2 Å². The van der Waals surface area contributed by atoms with Crippen molar-refractivity contribution in [3.8, 4) is 0 Å². The molecule has 2 rings (SSSR count). The maximum Gasteiger partial charge on any atom is 0.0925 e. The van der Waals surface area contributed by atoms with Crippen molar-refractivity contribution >= 4 is 28.8 Å². The predicted octanol–water partition coefficient (Wildman–Crippen LogP) is 3.89. The zero-order valence-electron chi connectivity index (χ0n) is 10.1. The highest BCUT2D eigenvalue weighted by Crippen LogP contribution is 2.29. The average molecular weight is 264 g/mol. The first kappa shape index (κ1) is 12.5. The lowest BCUT2D eigenvalue weighted by molar-refractivity contribution is 1.06. The predicted molar refractivity (Wildman–Crippen MR) is 76.6 cm³/mol. The molecule has 17 heavy (non-hydrogen) atoms. The molecule has 0 atom stereocenters. The molecule has 4 heteroatoms. The third kappa shape index (κ3) is 3.23. The van der Waals surface area contributed by atoms with Crippen molar-refractivity contribution in [2.45, 2.75) is 30.9 Å². The van der Waals surface area contributed by atoms with Gasteiger partial charge in [0.2, 0.25) is 0 Å². The minimum absolute atomic E-state index is 0.853. The van der Waals surface area contributed by atoms with Gasteiger partial charge in [-0.3, -0.25) is 0 Å². The van der Waals surface area contributed by atoms with E-state index in [9.17, 15) is 0 Å². The molecule has 0 bridgehead atoms. The molecule has 0 fully saturated rings. The van der Waals surface area contributed by atoms with E-state index in [1.807, 2.05) is 12.1 Å². The van der Waals surface area contributed by atoms with Crippen LogP contribution < -0.4 is 5.73 Å². The number of nitrogens with two attached hydrogens (primary N) is 1. The molecule has 0 aliphatic rings. The first-order valence-electron chi connectivity index (χ1n) is 5.61. The fraction of sp³-hybridized carbons (Fsp3) is 0.308. The Hall–Kier alpha value is -1.00. The second-order valence-corrected chi connectivity index (χ2v) is 5.88. The van der Waals surface area contributed by atoms with Gasteiger partial charge in [-0.1, -0.05) is 13.0 Å². The van der Waals surface area contributed by atoms with Crippen LogP contribution in [-0.2, 0) is 12.2 Å². The Morgan fingerprint density at radius 2 is 2.24 bits per heavy atom. The molecule has 0 saturated carbocycles. The summed E-state index contributed by atoms with van der Waals surface area (Å²) in [6, 6.07) is 6.14. The van der Waals surface area contributed by atoms with Gasteiger partial charge in [-0.05, 0) is 31.0 Å². The van der Waals surface area contributed by atoms with Gasteiger partial charge in [-0.15, -0.1) is 23.1 Å². The van der Waals surface area contributed by atoms with Gasteiger partial charge in [-0.25, -0.2) is 4.98 Å². The van der Waals surface area contributed by atoms with E-state index in [1.165, 1.54) is 10.6 Å². The molecule has 0 radical (unpaired) electrons. The van der Waals surface area contributed by atoms with Gasteiger partial charge in [0, 0.05) is 21.7 Å². The van der Waals surface area contributed by atoms with Gasteiger partial charge in [0.25, 0.3) is 0 Å². The minimum Gasteiger partial charge on any atom is -0.398 e. The van der Waals surface area contributed by atoms with Crippen molar-refractivity contribution in [2.24, 2.45) is 0 Å². The Balaban J connectivity index is 2.04. The Labute approximate surface area is 110 Å².